The highest BCUT2D eigenvalue weighted by Crippen LogP contribution is 2.39. The second-order valence-electron chi connectivity index (χ2n) is 8.00. The van der Waals surface area contributed by atoms with Crippen molar-refractivity contribution in [2.75, 3.05) is 11.1 Å². The number of halogens is 1. The van der Waals surface area contributed by atoms with Crippen LogP contribution in [-0.2, 0) is 17.6 Å². The van der Waals surface area contributed by atoms with E-state index < -0.39 is 0 Å². The first-order chi connectivity index (χ1) is 15.0. The lowest BCUT2D eigenvalue weighted by molar-refractivity contribution is -0.113. The van der Waals surface area contributed by atoms with Crippen LogP contribution in [0.3, 0.4) is 0 Å². The third-order valence-electron chi connectivity index (χ3n) is 5.41. The molecule has 3 aromatic heterocycles. The molecule has 1 amide bonds. The second-order valence-corrected chi connectivity index (χ2v) is 10.0. The van der Waals surface area contributed by atoms with Gasteiger partial charge in [-0.05, 0) is 49.4 Å². The Balaban J connectivity index is 1.48. The predicted octanol–water partition coefficient (Wildman–Crippen LogP) is 5.21. The molecular weight excluding hydrogens is 433 g/mol. The van der Waals surface area contributed by atoms with Crippen molar-refractivity contribution in [1.82, 2.24) is 19.6 Å². The number of aromatic nitrogens is 4. The Kier molecular flexibility index (Phi) is 5.39. The molecule has 0 saturated heterocycles. The van der Waals surface area contributed by atoms with Crippen LogP contribution >= 0.6 is 23.1 Å². The molecule has 160 valence electrons. The summed E-state index contributed by atoms with van der Waals surface area (Å²) in [5, 5.41) is 13.4. The van der Waals surface area contributed by atoms with Gasteiger partial charge in [-0.3, -0.25) is 9.20 Å². The van der Waals surface area contributed by atoms with Crippen LogP contribution < -0.4 is 5.32 Å². The Hall–Kier alpha value is -2.52. The van der Waals surface area contributed by atoms with Gasteiger partial charge in [0.25, 0.3) is 0 Å². The fraction of sp³-hybridized carbons (Fsp3) is 0.364. The summed E-state index contributed by atoms with van der Waals surface area (Å²) in [7, 11) is 0. The molecule has 0 unspecified atom stereocenters. The summed E-state index contributed by atoms with van der Waals surface area (Å²) in [6.45, 7) is 4.21. The standard InChI is InChI=1S/C22H22FN5OS2/c1-12(2)19-25-21-18(15-8-3-4-9-16(15)31-21)20-26-27-22(28(19)20)30-11-17(29)24-14-7-5-6-13(23)10-14/h5-7,10,12H,3-4,8-9,11H2,1-2H3,(H,24,29). The molecule has 0 spiro atoms. The molecule has 1 N–H and O–H groups in total. The number of carbonyl (C=O) groups is 1. The van der Waals surface area contributed by atoms with Crippen LogP contribution in [0.15, 0.2) is 29.4 Å². The fourth-order valence-electron chi connectivity index (χ4n) is 4.03. The zero-order valence-corrected chi connectivity index (χ0v) is 18.9. The van der Waals surface area contributed by atoms with Crippen molar-refractivity contribution < 1.29 is 9.18 Å². The molecule has 6 nitrogen and oxygen atoms in total. The number of nitrogens with zero attached hydrogens (tertiary/aromatic N) is 4. The highest BCUT2D eigenvalue weighted by Gasteiger charge is 2.24. The molecule has 4 aromatic rings. The monoisotopic (exact) mass is 455 g/mol. The zero-order chi connectivity index (χ0) is 21.5. The second kappa shape index (κ2) is 8.20. The van der Waals surface area contributed by atoms with Gasteiger partial charge in [0.1, 0.15) is 16.5 Å². The Morgan fingerprint density at radius 3 is 2.94 bits per heavy atom. The van der Waals surface area contributed by atoms with Crippen molar-refractivity contribution >= 4 is 50.6 Å². The third kappa shape index (κ3) is 3.80. The maximum Gasteiger partial charge on any atom is 0.234 e. The van der Waals surface area contributed by atoms with Crippen LogP contribution in [0.2, 0.25) is 0 Å². The number of carbonyl (C=O) groups excluding carboxylic acids is 1. The van der Waals surface area contributed by atoms with E-state index in [1.807, 2.05) is 4.40 Å². The first-order valence-electron chi connectivity index (χ1n) is 10.4. The van der Waals surface area contributed by atoms with Gasteiger partial charge in [0.05, 0.1) is 11.1 Å². The van der Waals surface area contributed by atoms with Gasteiger partial charge < -0.3 is 5.32 Å². The van der Waals surface area contributed by atoms with Gasteiger partial charge in [0.15, 0.2) is 10.8 Å². The number of thiophene rings is 1. The molecule has 0 aliphatic heterocycles. The van der Waals surface area contributed by atoms with E-state index in [9.17, 15) is 9.18 Å². The highest BCUT2D eigenvalue weighted by atomic mass is 32.2. The molecule has 9 heteroatoms. The summed E-state index contributed by atoms with van der Waals surface area (Å²) >= 11 is 3.10. The van der Waals surface area contributed by atoms with Crippen molar-refractivity contribution in [2.45, 2.75) is 50.6 Å². The summed E-state index contributed by atoms with van der Waals surface area (Å²) in [4.78, 5) is 19.9. The number of hydrogen-bond acceptors (Lipinski definition) is 6. The molecule has 0 atom stereocenters. The maximum absolute atomic E-state index is 13.4. The Labute approximate surface area is 187 Å². The lowest BCUT2D eigenvalue weighted by Crippen LogP contribution is -2.14. The van der Waals surface area contributed by atoms with E-state index in [0.717, 1.165) is 34.5 Å². The molecular formula is C22H22FN5OS2. The van der Waals surface area contributed by atoms with E-state index in [0.29, 0.717) is 10.8 Å². The average Bonchev–Trinajstić information content (AvgIpc) is 3.32. The first kappa shape index (κ1) is 20.4. The van der Waals surface area contributed by atoms with E-state index >= 15 is 0 Å². The smallest absolute Gasteiger partial charge is 0.234 e. The van der Waals surface area contributed by atoms with Crippen molar-refractivity contribution in [1.29, 1.82) is 0 Å². The summed E-state index contributed by atoms with van der Waals surface area (Å²) in [6.07, 6.45) is 4.57. The topological polar surface area (TPSA) is 72.2 Å². The third-order valence-corrected chi connectivity index (χ3v) is 7.53. The number of amides is 1. The van der Waals surface area contributed by atoms with Gasteiger partial charge in [-0.15, -0.1) is 21.5 Å². The molecule has 0 radical (unpaired) electrons. The SMILES string of the molecule is CC(C)c1nc2sc3c(c2c2nnc(SCC(=O)Nc4cccc(F)c4)n12)CCCC3. The molecule has 31 heavy (non-hydrogen) atoms. The Morgan fingerprint density at radius 1 is 1.29 bits per heavy atom. The van der Waals surface area contributed by atoms with Gasteiger partial charge in [0.2, 0.25) is 5.91 Å². The predicted molar refractivity (Wildman–Crippen MR) is 123 cm³/mol. The quantitative estimate of drug-likeness (QED) is 0.418. The molecule has 5 rings (SSSR count). The normalized spacial score (nSPS) is 13.8. The van der Waals surface area contributed by atoms with Crippen LogP contribution in [0.4, 0.5) is 10.1 Å². The fourth-order valence-corrected chi connectivity index (χ4v) is 6.03. The minimum Gasteiger partial charge on any atom is -0.325 e. The van der Waals surface area contributed by atoms with E-state index in [1.165, 1.54) is 47.2 Å². The number of nitrogens with one attached hydrogen (secondary N) is 1. The molecule has 0 fully saturated rings. The minimum absolute atomic E-state index is 0.147. The largest absolute Gasteiger partial charge is 0.325 e. The van der Waals surface area contributed by atoms with Crippen molar-refractivity contribution in [3.63, 3.8) is 0 Å². The minimum atomic E-state index is -0.385. The average molecular weight is 456 g/mol. The molecule has 0 bridgehead atoms. The van der Waals surface area contributed by atoms with Gasteiger partial charge in [0, 0.05) is 16.5 Å². The zero-order valence-electron chi connectivity index (χ0n) is 17.3. The lowest BCUT2D eigenvalue weighted by atomic mass is 9.97. The van der Waals surface area contributed by atoms with Gasteiger partial charge >= 0.3 is 0 Å². The Bertz CT molecular complexity index is 1300. The van der Waals surface area contributed by atoms with Crippen LogP contribution in [0, 0.1) is 5.82 Å². The number of anilines is 1. The number of aryl methyl sites for hydroxylation is 2. The lowest BCUT2D eigenvalue weighted by Gasteiger charge is -2.12. The van der Waals surface area contributed by atoms with Gasteiger partial charge in [-0.25, -0.2) is 9.37 Å². The van der Waals surface area contributed by atoms with E-state index in [1.54, 1.807) is 23.5 Å². The van der Waals surface area contributed by atoms with Crippen molar-refractivity contribution in [3.8, 4) is 0 Å². The van der Waals surface area contributed by atoms with Crippen molar-refractivity contribution in [2.24, 2.45) is 0 Å². The van der Waals surface area contributed by atoms with Crippen LogP contribution in [0.25, 0.3) is 15.9 Å². The molecule has 1 aliphatic rings. The maximum atomic E-state index is 13.4. The highest BCUT2D eigenvalue weighted by molar-refractivity contribution is 7.99. The number of hydrogen-bond donors (Lipinski definition) is 1. The molecule has 1 aromatic carbocycles. The summed E-state index contributed by atoms with van der Waals surface area (Å²) in [5.41, 5.74) is 2.64. The van der Waals surface area contributed by atoms with Crippen molar-refractivity contribution in [3.05, 3.63) is 46.3 Å². The van der Waals surface area contributed by atoms with Crippen LogP contribution in [0.5, 0.6) is 0 Å². The van der Waals surface area contributed by atoms with E-state index in [2.05, 4.69) is 29.4 Å². The molecule has 1 aliphatic carbocycles. The summed E-state index contributed by atoms with van der Waals surface area (Å²) in [5.74, 6) is 0.626. The van der Waals surface area contributed by atoms with E-state index in [-0.39, 0.29) is 23.4 Å². The van der Waals surface area contributed by atoms with Gasteiger partial charge in [-0.2, -0.15) is 0 Å². The van der Waals surface area contributed by atoms with Crippen LogP contribution in [0.1, 0.15) is 48.9 Å². The number of benzene rings is 1. The number of fused-ring (bicyclic) bond motifs is 5. The van der Waals surface area contributed by atoms with E-state index in [4.69, 9.17) is 4.98 Å². The molecule has 0 saturated carbocycles. The van der Waals surface area contributed by atoms with Crippen LogP contribution in [-0.4, -0.2) is 31.2 Å². The number of thioether (sulfide) groups is 1. The number of rotatable bonds is 5. The Morgan fingerprint density at radius 2 is 2.13 bits per heavy atom. The first-order valence-corrected chi connectivity index (χ1v) is 12.2. The van der Waals surface area contributed by atoms with Gasteiger partial charge in [-0.1, -0.05) is 31.7 Å². The molecule has 3 heterocycles. The summed E-state index contributed by atoms with van der Waals surface area (Å²) in [6, 6.07) is 5.87. The summed E-state index contributed by atoms with van der Waals surface area (Å²) < 4.78 is 15.4.